The molecule has 0 saturated carbocycles. The molecule has 0 fully saturated rings. The number of H-pyrrole nitrogens is 1. The molecule has 0 aliphatic carbocycles. The summed E-state index contributed by atoms with van der Waals surface area (Å²) in [4.78, 5) is 0. The van der Waals surface area contributed by atoms with Crippen molar-refractivity contribution < 1.29 is 5.11 Å². The van der Waals surface area contributed by atoms with Crippen LogP contribution in [0.2, 0.25) is 5.02 Å². The third kappa shape index (κ3) is 1.40. The Morgan fingerprint density at radius 3 is 2.79 bits per heavy atom. The first-order valence-electron chi connectivity index (χ1n) is 3.96. The Hall–Kier alpha value is -1.68. The normalized spacial score (nSPS) is 10.4. The molecule has 0 spiro atoms. The quantitative estimate of drug-likeness (QED) is 0.673. The lowest BCUT2D eigenvalue weighted by Gasteiger charge is -2.01. The van der Waals surface area contributed by atoms with Crippen molar-refractivity contribution in [3.63, 3.8) is 0 Å². The van der Waals surface area contributed by atoms with Crippen LogP contribution < -0.4 is 5.73 Å². The zero-order chi connectivity index (χ0) is 10.1. The molecule has 1 aromatic heterocycles. The number of phenols is 1. The van der Waals surface area contributed by atoms with Crippen LogP contribution in [0.1, 0.15) is 0 Å². The van der Waals surface area contributed by atoms with E-state index in [9.17, 15) is 5.11 Å². The Labute approximate surface area is 85.3 Å². The van der Waals surface area contributed by atoms with Crippen LogP contribution in [0.4, 0.5) is 5.69 Å². The summed E-state index contributed by atoms with van der Waals surface area (Å²) in [6.45, 7) is 0. The van der Waals surface area contributed by atoms with E-state index in [1.165, 1.54) is 12.3 Å². The van der Waals surface area contributed by atoms with Crippen LogP contribution in [0.15, 0.2) is 24.4 Å². The zero-order valence-corrected chi connectivity index (χ0v) is 7.92. The van der Waals surface area contributed by atoms with Gasteiger partial charge >= 0.3 is 0 Å². The highest BCUT2D eigenvalue weighted by molar-refractivity contribution is 6.32. The number of nitrogens with one attached hydrogen (secondary N) is 1. The molecule has 0 radical (unpaired) electrons. The fourth-order valence-electron chi connectivity index (χ4n) is 1.19. The van der Waals surface area contributed by atoms with E-state index in [-0.39, 0.29) is 10.8 Å². The lowest BCUT2D eigenvalue weighted by Crippen LogP contribution is -1.86. The fourth-order valence-corrected chi connectivity index (χ4v) is 1.37. The maximum atomic E-state index is 9.22. The van der Waals surface area contributed by atoms with Crippen LogP contribution in [0.5, 0.6) is 5.75 Å². The van der Waals surface area contributed by atoms with Gasteiger partial charge in [-0.05, 0) is 18.2 Å². The summed E-state index contributed by atoms with van der Waals surface area (Å²) in [5.74, 6) is 0.0495. The van der Waals surface area contributed by atoms with E-state index >= 15 is 0 Å². The molecule has 72 valence electrons. The summed E-state index contributed by atoms with van der Waals surface area (Å²) in [7, 11) is 0. The number of aromatic amines is 1. The van der Waals surface area contributed by atoms with Gasteiger partial charge in [0.05, 0.1) is 22.6 Å². The third-order valence-corrected chi connectivity index (χ3v) is 2.21. The molecular weight excluding hydrogens is 202 g/mol. The molecule has 0 unspecified atom stereocenters. The lowest BCUT2D eigenvalue weighted by molar-refractivity contribution is 0.475. The summed E-state index contributed by atoms with van der Waals surface area (Å²) < 4.78 is 0. The predicted octanol–water partition coefficient (Wildman–Crippen LogP) is 2.02. The molecule has 1 heterocycles. The second kappa shape index (κ2) is 3.23. The summed E-state index contributed by atoms with van der Waals surface area (Å²) in [6.07, 6.45) is 1.52. The maximum Gasteiger partial charge on any atom is 0.134 e. The Morgan fingerprint density at radius 2 is 2.21 bits per heavy atom. The number of hydrogen-bond acceptors (Lipinski definition) is 3. The monoisotopic (exact) mass is 209 g/mol. The zero-order valence-electron chi connectivity index (χ0n) is 7.16. The van der Waals surface area contributed by atoms with Gasteiger partial charge in [-0.2, -0.15) is 5.10 Å². The van der Waals surface area contributed by atoms with E-state index in [1.54, 1.807) is 12.1 Å². The number of nitrogens with zero attached hydrogens (tertiary/aromatic N) is 1. The Morgan fingerprint density at radius 1 is 1.43 bits per heavy atom. The number of aromatic nitrogens is 2. The van der Waals surface area contributed by atoms with Gasteiger partial charge in [-0.3, -0.25) is 5.10 Å². The first kappa shape index (κ1) is 8.90. The molecular formula is C9H8ClN3O. The van der Waals surface area contributed by atoms with Gasteiger partial charge in [-0.1, -0.05) is 11.6 Å². The number of rotatable bonds is 1. The lowest BCUT2D eigenvalue weighted by atomic mass is 10.1. The molecule has 4 nitrogen and oxygen atoms in total. The number of hydrogen-bond donors (Lipinski definition) is 3. The van der Waals surface area contributed by atoms with Crippen LogP contribution >= 0.6 is 11.6 Å². The van der Waals surface area contributed by atoms with E-state index in [0.717, 1.165) is 5.56 Å². The fraction of sp³-hybridized carbons (Fsp3) is 0. The Balaban J connectivity index is 2.53. The van der Waals surface area contributed by atoms with Crippen LogP contribution in [-0.2, 0) is 0 Å². The van der Waals surface area contributed by atoms with Crippen molar-refractivity contribution >= 4 is 17.3 Å². The van der Waals surface area contributed by atoms with Crippen LogP contribution in [0, 0.1) is 0 Å². The van der Waals surface area contributed by atoms with Crippen molar-refractivity contribution in [2.45, 2.75) is 0 Å². The molecule has 0 atom stereocenters. The number of aromatic hydroxyl groups is 1. The number of phenolic OH excluding ortho intramolecular Hbond substituents is 1. The van der Waals surface area contributed by atoms with Crippen molar-refractivity contribution in [2.75, 3.05) is 5.73 Å². The summed E-state index contributed by atoms with van der Waals surface area (Å²) >= 11 is 5.76. The number of benzene rings is 1. The second-order valence-electron chi connectivity index (χ2n) is 2.87. The highest BCUT2D eigenvalue weighted by Crippen LogP contribution is 2.30. The minimum atomic E-state index is 0.0495. The molecule has 0 bridgehead atoms. The van der Waals surface area contributed by atoms with Crippen molar-refractivity contribution in [3.8, 4) is 17.0 Å². The van der Waals surface area contributed by atoms with Crippen LogP contribution in [0.25, 0.3) is 11.3 Å². The van der Waals surface area contributed by atoms with Gasteiger partial charge in [-0.15, -0.1) is 0 Å². The maximum absolute atomic E-state index is 9.22. The number of nitrogens with two attached hydrogens (primary N) is 1. The highest BCUT2D eigenvalue weighted by atomic mass is 35.5. The first-order chi connectivity index (χ1) is 6.68. The summed E-state index contributed by atoms with van der Waals surface area (Å²) in [6, 6.07) is 4.85. The van der Waals surface area contributed by atoms with Gasteiger partial charge in [0.25, 0.3) is 0 Å². The van der Waals surface area contributed by atoms with E-state index in [0.29, 0.717) is 11.4 Å². The molecule has 1 aromatic carbocycles. The molecule has 2 aromatic rings. The minimum absolute atomic E-state index is 0.0495. The smallest absolute Gasteiger partial charge is 0.134 e. The summed E-state index contributed by atoms with van der Waals surface area (Å²) in [5, 5.41) is 16.1. The highest BCUT2D eigenvalue weighted by Gasteiger charge is 2.06. The average Bonchev–Trinajstić information content (AvgIpc) is 2.57. The average molecular weight is 210 g/mol. The van der Waals surface area contributed by atoms with Gasteiger partial charge in [0, 0.05) is 5.56 Å². The Bertz CT molecular complexity index is 467. The van der Waals surface area contributed by atoms with Crippen molar-refractivity contribution in [3.05, 3.63) is 29.4 Å². The van der Waals surface area contributed by atoms with Crippen molar-refractivity contribution in [1.29, 1.82) is 0 Å². The number of anilines is 1. The molecule has 0 aliphatic rings. The molecule has 2 rings (SSSR count). The molecule has 5 heteroatoms. The molecule has 0 amide bonds. The number of nitrogen functional groups attached to an aromatic ring is 1. The summed E-state index contributed by atoms with van der Waals surface area (Å²) in [5.41, 5.74) is 7.70. The van der Waals surface area contributed by atoms with E-state index in [1.807, 2.05) is 0 Å². The molecule has 4 N–H and O–H groups in total. The third-order valence-electron chi connectivity index (χ3n) is 1.91. The van der Waals surface area contributed by atoms with Crippen molar-refractivity contribution in [2.24, 2.45) is 0 Å². The second-order valence-corrected chi connectivity index (χ2v) is 3.27. The standard InChI is InChI=1S/C9H8ClN3O/c10-6-3-5(1-2-8(6)14)9-7(11)4-12-13-9/h1-4,14H,11H2,(H,12,13). The van der Waals surface area contributed by atoms with Gasteiger partial charge < -0.3 is 10.8 Å². The van der Waals surface area contributed by atoms with Gasteiger partial charge in [0.1, 0.15) is 5.75 Å². The topological polar surface area (TPSA) is 74.9 Å². The van der Waals surface area contributed by atoms with Crippen molar-refractivity contribution in [1.82, 2.24) is 10.2 Å². The molecule has 0 saturated heterocycles. The van der Waals surface area contributed by atoms with Crippen LogP contribution in [0.3, 0.4) is 0 Å². The van der Waals surface area contributed by atoms with E-state index in [2.05, 4.69) is 10.2 Å². The Kier molecular flexibility index (Phi) is 2.05. The molecule has 0 aliphatic heterocycles. The van der Waals surface area contributed by atoms with E-state index < -0.39 is 0 Å². The SMILES string of the molecule is Nc1cn[nH]c1-c1ccc(O)c(Cl)c1. The van der Waals surface area contributed by atoms with E-state index in [4.69, 9.17) is 17.3 Å². The van der Waals surface area contributed by atoms with Gasteiger partial charge in [0.2, 0.25) is 0 Å². The number of halogens is 1. The minimum Gasteiger partial charge on any atom is -0.506 e. The predicted molar refractivity (Wildman–Crippen MR) is 55.1 cm³/mol. The van der Waals surface area contributed by atoms with Gasteiger partial charge in [-0.25, -0.2) is 0 Å². The largest absolute Gasteiger partial charge is 0.506 e. The first-order valence-corrected chi connectivity index (χ1v) is 4.34. The van der Waals surface area contributed by atoms with Crippen LogP contribution in [-0.4, -0.2) is 15.3 Å². The molecule has 14 heavy (non-hydrogen) atoms. The van der Waals surface area contributed by atoms with Gasteiger partial charge in [0.15, 0.2) is 0 Å².